The molecule has 3 rings (SSSR count). The van der Waals surface area contributed by atoms with Crippen LogP contribution in [0.25, 0.3) is 11.0 Å². The van der Waals surface area contributed by atoms with Crippen molar-refractivity contribution < 1.29 is 23.8 Å². The van der Waals surface area contributed by atoms with Crippen LogP contribution in [-0.4, -0.2) is 29.1 Å². The number of ether oxygens (including phenoxy) is 1. The number of carbonyl (C=O) groups excluding carboxylic acids is 1. The molecule has 1 heterocycles. The summed E-state index contributed by atoms with van der Waals surface area (Å²) >= 11 is 0. The standard InChI is InChI=1S/C22H27NO6/c1-4-12(2)19(21(25)26)23-20(24)13(3)28-14-9-10-16-15-7-5-6-8-17(15)22(27)29-18(16)11-14/h9-13,19H,4-8H2,1-3H3,(H,23,24)(H,25,26)/t12-,13-,19+/m1/s1. The van der Waals surface area contributed by atoms with Crippen molar-refractivity contribution in [1.82, 2.24) is 5.32 Å². The van der Waals surface area contributed by atoms with Crippen molar-refractivity contribution in [3.63, 3.8) is 0 Å². The van der Waals surface area contributed by atoms with Crippen LogP contribution >= 0.6 is 0 Å². The van der Waals surface area contributed by atoms with E-state index in [9.17, 15) is 19.5 Å². The molecule has 0 bridgehead atoms. The lowest BCUT2D eigenvalue weighted by molar-refractivity contribution is -0.144. The number of aliphatic carboxylic acids is 1. The summed E-state index contributed by atoms with van der Waals surface area (Å²) in [6.45, 7) is 5.20. The van der Waals surface area contributed by atoms with Crippen LogP contribution in [0.3, 0.4) is 0 Å². The number of hydrogen-bond donors (Lipinski definition) is 2. The lowest BCUT2D eigenvalue weighted by Gasteiger charge is -2.22. The van der Waals surface area contributed by atoms with Crippen molar-refractivity contribution in [2.24, 2.45) is 5.92 Å². The highest BCUT2D eigenvalue weighted by molar-refractivity contribution is 5.87. The number of benzene rings is 1. The number of rotatable bonds is 7. The van der Waals surface area contributed by atoms with Gasteiger partial charge in [0.1, 0.15) is 17.4 Å². The van der Waals surface area contributed by atoms with Gasteiger partial charge >= 0.3 is 11.6 Å². The minimum atomic E-state index is -1.07. The van der Waals surface area contributed by atoms with Crippen molar-refractivity contribution in [1.29, 1.82) is 0 Å². The second-order valence-corrected chi connectivity index (χ2v) is 7.68. The number of carboxylic acid groups (broad SMARTS) is 1. The molecule has 3 atom stereocenters. The first-order valence-corrected chi connectivity index (χ1v) is 10.1. The molecule has 0 unspecified atom stereocenters. The zero-order valence-electron chi connectivity index (χ0n) is 17.0. The molecular weight excluding hydrogens is 374 g/mol. The van der Waals surface area contributed by atoms with Crippen molar-refractivity contribution in [3.8, 4) is 5.75 Å². The number of carbonyl (C=O) groups is 2. The van der Waals surface area contributed by atoms with Crippen LogP contribution in [0, 0.1) is 5.92 Å². The van der Waals surface area contributed by atoms with Gasteiger partial charge in [-0.3, -0.25) is 4.79 Å². The predicted molar refractivity (Wildman–Crippen MR) is 108 cm³/mol. The molecule has 0 radical (unpaired) electrons. The molecule has 0 fully saturated rings. The molecule has 0 saturated heterocycles. The highest BCUT2D eigenvalue weighted by Crippen LogP contribution is 2.29. The minimum absolute atomic E-state index is 0.204. The van der Waals surface area contributed by atoms with Crippen molar-refractivity contribution in [2.75, 3.05) is 0 Å². The minimum Gasteiger partial charge on any atom is -0.481 e. The summed E-state index contributed by atoms with van der Waals surface area (Å²) in [6.07, 6.45) is 3.35. The molecule has 0 spiro atoms. The highest BCUT2D eigenvalue weighted by Gasteiger charge is 2.28. The topological polar surface area (TPSA) is 106 Å². The van der Waals surface area contributed by atoms with Gasteiger partial charge in [0.2, 0.25) is 0 Å². The summed E-state index contributed by atoms with van der Waals surface area (Å²) in [6, 6.07) is 4.23. The van der Waals surface area contributed by atoms with Crippen LogP contribution in [0.4, 0.5) is 0 Å². The van der Waals surface area contributed by atoms with Crippen molar-refractivity contribution >= 4 is 22.8 Å². The fraction of sp³-hybridized carbons (Fsp3) is 0.500. The monoisotopic (exact) mass is 401 g/mol. The van der Waals surface area contributed by atoms with Gasteiger partial charge in [0.05, 0.1) is 0 Å². The maximum absolute atomic E-state index is 12.4. The van der Waals surface area contributed by atoms with Gasteiger partial charge in [-0.15, -0.1) is 0 Å². The Morgan fingerprint density at radius 3 is 2.55 bits per heavy atom. The smallest absolute Gasteiger partial charge is 0.339 e. The Morgan fingerprint density at radius 1 is 1.21 bits per heavy atom. The van der Waals surface area contributed by atoms with E-state index in [1.807, 2.05) is 13.0 Å². The van der Waals surface area contributed by atoms with Crippen LogP contribution in [0.15, 0.2) is 27.4 Å². The molecule has 1 aromatic heterocycles. The molecule has 1 amide bonds. The fourth-order valence-corrected chi connectivity index (χ4v) is 3.71. The van der Waals surface area contributed by atoms with E-state index in [1.165, 1.54) is 0 Å². The largest absolute Gasteiger partial charge is 0.481 e. The van der Waals surface area contributed by atoms with E-state index in [1.54, 1.807) is 26.0 Å². The Kier molecular flexibility index (Phi) is 6.25. The molecule has 7 nitrogen and oxygen atoms in total. The van der Waals surface area contributed by atoms with Gasteiger partial charge in [-0.25, -0.2) is 9.59 Å². The van der Waals surface area contributed by atoms with E-state index in [0.29, 0.717) is 17.8 Å². The maximum atomic E-state index is 12.4. The molecule has 1 aromatic carbocycles. The summed E-state index contributed by atoms with van der Waals surface area (Å²) in [5.74, 6) is -1.40. The molecule has 156 valence electrons. The van der Waals surface area contributed by atoms with E-state index in [0.717, 1.165) is 42.2 Å². The second-order valence-electron chi connectivity index (χ2n) is 7.68. The molecular formula is C22H27NO6. The van der Waals surface area contributed by atoms with Gasteiger partial charge in [-0.2, -0.15) is 0 Å². The average molecular weight is 401 g/mol. The van der Waals surface area contributed by atoms with Gasteiger partial charge in [-0.1, -0.05) is 20.3 Å². The van der Waals surface area contributed by atoms with E-state index < -0.39 is 24.0 Å². The van der Waals surface area contributed by atoms with Crippen LogP contribution < -0.4 is 15.7 Å². The Balaban J connectivity index is 1.78. The Labute approximate surface area is 169 Å². The first-order valence-electron chi connectivity index (χ1n) is 10.1. The Hall–Kier alpha value is -2.83. The summed E-state index contributed by atoms with van der Waals surface area (Å²) in [5.41, 5.74) is 1.92. The van der Waals surface area contributed by atoms with Gasteiger partial charge in [0.15, 0.2) is 6.10 Å². The van der Waals surface area contributed by atoms with E-state index in [2.05, 4.69) is 5.32 Å². The van der Waals surface area contributed by atoms with Gasteiger partial charge in [0.25, 0.3) is 5.91 Å². The van der Waals surface area contributed by atoms with E-state index in [-0.39, 0.29) is 11.5 Å². The third-order valence-corrected chi connectivity index (χ3v) is 5.65. The summed E-state index contributed by atoms with van der Waals surface area (Å²) in [7, 11) is 0. The SMILES string of the molecule is CC[C@@H](C)[C@H](NC(=O)[C@@H](C)Oc1ccc2c3c(c(=O)oc2c1)CCCC3)C(=O)O. The van der Waals surface area contributed by atoms with Gasteiger partial charge < -0.3 is 19.6 Å². The Bertz CT molecular complexity index is 979. The maximum Gasteiger partial charge on any atom is 0.339 e. The molecule has 0 saturated carbocycles. The highest BCUT2D eigenvalue weighted by atomic mass is 16.5. The lowest BCUT2D eigenvalue weighted by atomic mass is 9.91. The van der Waals surface area contributed by atoms with Gasteiger partial charge in [-0.05, 0) is 56.2 Å². The number of fused-ring (bicyclic) bond motifs is 3. The number of carboxylic acids is 1. The quantitative estimate of drug-likeness (QED) is 0.691. The third-order valence-electron chi connectivity index (χ3n) is 5.65. The van der Waals surface area contributed by atoms with Crippen LogP contribution in [0.2, 0.25) is 0 Å². The molecule has 1 aliphatic carbocycles. The van der Waals surface area contributed by atoms with Gasteiger partial charge in [0, 0.05) is 17.0 Å². The first kappa shape index (κ1) is 20.9. The molecule has 1 aliphatic rings. The predicted octanol–water partition coefficient (Wildman–Crippen LogP) is 3.05. The zero-order chi connectivity index (χ0) is 21.1. The summed E-state index contributed by atoms with van der Waals surface area (Å²) in [5, 5.41) is 12.8. The van der Waals surface area contributed by atoms with Crippen LogP contribution in [-0.2, 0) is 22.4 Å². The average Bonchev–Trinajstić information content (AvgIpc) is 2.71. The molecule has 2 N–H and O–H groups in total. The number of amides is 1. The molecule has 7 heteroatoms. The van der Waals surface area contributed by atoms with E-state index in [4.69, 9.17) is 9.15 Å². The number of aryl methyl sites for hydroxylation is 1. The fourth-order valence-electron chi connectivity index (χ4n) is 3.71. The zero-order valence-corrected chi connectivity index (χ0v) is 17.0. The lowest BCUT2D eigenvalue weighted by Crippen LogP contribution is -2.49. The molecule has 29 heavy (non-hydrogen) atoms. The molecule has 0 aliphatic heterocycles. The summed E-state index contributed by atoms with van der Waals surface area (Å²) in [4.78, 5) is 36.1. The van der Waals surface area contributed by atoms with Crippen LogP contribution in [0.1, 0.15) is 51.2 Å². The second kappa shape index (κ2) is 8.68. The third kappa shape index (κ3) is 4.44. The normalized spacial score (nSPS) is 16.5. The van der Waals surface area contributed by atoms with Crippen molar-refractivity contribution in [3.05, 3.63) is 39.7 Å². The summed E-state index contributed by atoms with van der Waals surface area (Å²) < 4.78 is 11.2. The Morgan fingerprint density at radius 2 is 1.90 bits per heavy atom. The van der Waals surface area contributed by atoms with Crippen LogP contribution in [0.5, 0.6) is 5.75 Å². The number of nitrogens with one attached hydrogen (secondary N) is 1. The first-order chi connectivity index (χ1) is 13.8. The van der Waals surface area contributed by atoms with Crippen molar-refractivity contribution in [2.45, 2.75) is 65.0 Å². The van der Waals surface area contributed by atoms with E-state index >= 15 is 0 Å². The number of hydrogen-bond acceptors (Lipinski definition) is 5. The molecule has 2 aromatic rings.